The van der Waals surface area contributed by atoms with Gasteiger partial charge in [-0.05, 0) is 56.7 Å². The number of hydrogen-bond donors (Lipinski definition) is 1. The van der Waals surface area contributed by atoms with Crippen LogP contribution in [0.2, 0.25) is 0 Å². The number of furan rings is 1. The fourth-order valence-corrected chi connectivity index (χ4v) is 2.51. The Bertz CT molecular complexity index is 564. The number of aryl methyl sites for hydroxylation is 3. The molecule has 0 radical (unpaired) electrons. The highest BCUT2D eigenvalue weighted by atomic mass is 16.3. The lowest BCUT2D eigenvalue weighted by Gasteiger charge is -2.09. The summed E-state index contributed by atoms with van der Waals surface area (Å²) >= 11 is 0. The number of benzene rings is 1. The fourth-order valence-electron chi connectivity index (χ4n) is 2.51. The van der Waals surface area contributed by atoms with E-state index in [0.29, 0.717) is 0 Å². The third-order valence-corrected chi connectivity index (χ3v) is 4.06. The molecule has 3 rings (SSSR count). The standard InChI is InChI=1S/C15H19NO/c1-10-11(2)17-13-5-3-4-12(14(10)13)6-7-15(16)8-9-15/h3-5H,6-9,16H2,1-2H3. The summed E-state index contributed by atoms with van der Waals surface area (Å²) in [4.78, 5) is 0. The maximum Gasteiger partial charge on any atom is 0.134 e. The van der Waals surface area contributed by atoms with Crippen LogP contribution < -0.4 is 5.73 Å². The number of nitrogens with two attached hydrogens (primary N) is 1. The number of hydrogen-bond acceptors (Lipinski definition) is 2. The lowest BCUT2D eigenvalue weighted by molar-refractivity contribution is 0.574. The Kier molecular flexibility index (Phi) is 2.30. The first-order chi connectivity index (χ1) is 8.09. The molecule has 2 nitrogen and oxygen atoms in total. The summed E-state index contributed by atoms with van der Waals surface area (Å²) in [5, 5.41) is 1.30. The predicted octanol–water partition coefficient (Wildman–Crippen LogP) is 3.47. The number of rotatable bonds is 3. The van der Waals surface area contributed by atoms with Gasteiger partial charge in [0.15, 0.2) is 0 Å². The Morgan fingerprint density at radius 1 is 1.29 bits per heavy atom. The smallest absolute Gasteiger partial charge is 0.134 e. The van der Waals surface area contributed by atoms with Gasteiger partial charge in [0.05, 0.1) is 0 Å². The van der Waals surface area contributed by atoms with Gasteiger partial charge in [0, 0.05) is 10.9 Å². The van der Waals surface area contributed by atoms with Crippen LogP contribution in [0.15, 0.2) is 22.6 Å². The van der Waals surface area contributed by atoms with Crippen LogP contribution in [-0.2, 0) is 6.42 Å². The average Bonchev–Trinajstić information content (AvgIpc) is 2.97. The van der Waals surface area contributed by atoms with E-state index in [0.717, 1.165) is 24.2 Å². The Morgan fingerprint density at radius 3 is 2.76 bits per heavy atom. The van der Waals surface area contributed by atoms with E-state index in [1.165, 1.54) is 29.4 Å². The molecule has 0 spiro atoms. The maximum atomic E-state index is 6.16. The molecule has 17 heavy (non-hydrogen) atoms. The van der Waals surface area contributed by atoms with Gasteiger partial charge in [0.25, 0.3) is 0 Å². The van der Waals surface area contributed by atoms with Crippen molar-refractivity contribution in [2.75, 3.05) is 0 Å². The molecule has 0 aliphatic heterocycles. The van der Waals surface area contributed by atoms with Crippen LogP contribution in [0.3, 0.4) is 0 Å². The van der Waals surface area contributed by atoms with Crippen molar-refractivity contribution in [2.24, 2.45) is 5.73 Å². The van der Waals surface area contributed by atoms with Crippen molar-refractivity contribution >= 4 is 11.0 Å². The van der Waals surface area contributed by atoms with E-state index in [2.05, 4.69) is 19.1 Å². The van der Waals surface area contributed by atoms with Crippen LogP contribution in [0.4, 0.5) is 0 Å². The second-order valence-corrected chi connectivity index (χ2v) is 5.44. The summed E-state index contributed by atoms with van der Waals surface area (Å²) in [6.45, 7) is 4.17. The summed E-state index contributed by atoms with van der Waals surface area (Å²) < 4.78 is 5.76. The summed E-state index contributed by atoms with van der Waals surface area (Å²) in [6, 6.07) is 6.33. The SMILES string of the molecule is Cc1oc2cccc(CCC3(N)CC3)c2c1C. The van der Waals surface area contributed by atoms with Crippen molar-refractivity contribution in [3.8, 4) is 0 Å². The van der Waals surface area contributed by atoms with Crippen molar-refractivity contribution in [3.05, 3.63) is 35.1 Å². The van der Waals surface area contributed by atoms with Gasteiger partial charge in [0.2, 0.25) is 0 Å². The summed E-state index contributed by atoms with van der Waals surface area (Å²) in [6.07, 6.45) is 4.53. The molecule has 0 atom stereocenters. The molecule has 2 heteroatoms. The highest BCUT2D eigenvalue weighted by Gasteiger charge is 2.37. The minimum Gasteiger partial charge on any atom is -0.461 e. The molecule has 0 amide bonds. The first-order valence-corrected chi connectivity index (χ1v) is 6.36. The van der Waals surface area contributed by atoms with E-state index in [-0.39, 0.29) is 5.54 Å². The fraction of sp³-hybridized carbons (Fsp3) is 0.467. The van der Waals surface area contributed by atoms with Crippen LogP contribution in [-0.4, -0.2) is 5.54 Å². The van der Waals surface area contributed by atoms with Gasteiger partial charge < -0.3 is 10.2 Å². The van der Waals surface area contributed by atoms with Gasteiger partial charge >= 0.3 is 0 Å². The zero-order valence-electron chi connectivity index (χ0n) is 10.5. The van der Waals surface area contributed by atoms with Crippen molar-refractivity contribution in [3.63, 3.8) is 0 Å². The molecule has 1 aliphatic carbocycles. The van der Waals surface area contributed by atoms with Crippen molar-refractivity contribution < 1.29 is 4.42 Å². The molecule has 1 aliphatic rings. The Balaban J connectivity index is 1.97. The zero-order valence-corrected chi connectivity index (χ0v) is 10.5. The summed E-state index contributed by atoms with van der Waals surface area (Å²) in [7, 11) is 0. The van der Waals surface area contributed by atoms with Crippen molar-refractivity contribution in [2.45, 2.75) is 45.1 Å². The van der Waals surface area contributed by atoms with E-state index in [1.54, 1.807) is 0 Å². The normalized spacial score (nSPS) is 17.6. The van der Waals surface area contributed by atoms with Crippen LogP contribution in [0, 0.1) is 13.8 Å². The molecule has 0 unspecified atom stereocenters. The molecule has 90 valence electrons. The highest BCUT2D eigenvalue weighted by Crippen LogP contribution is 2.37. The Labute approximate surface area is 102 Å². The van der Waals surface area contributed by atoms with E-state index in [9.17, 15) is 0 Å². The maximum absolute atomic E-state index is 6.16. The van der Waals surface area contributed by atoms with Gasteiger partial charge in [-0.2, -0.15) is 0 Å². The zero-order chi connectivity index (χ0) is 12.0. The molecule has 0 bridgehead atoms. The molecule has 1 fully saturated rings. The van der Waals surface area contributed by atoms with Crippen molar-refractivity contribution in [1.82, 2.24) is 0 Å². The highest BCUT2D eigenvalue weighted by molar-refractivity contribution is 5.85. The molecule has 1 aromatic heterocycles. The van der Waals surface area contributed by atoms with Gasteiger partial charge in [-0.25, -0.2) is 0 Å². The molecule has 2 N–H and O–H groups in total. The quantitative estimate of drug-likeness (QED) is 0.875. The first kappa shape index (κ1) is 10.8. The molecular formula is C15H19NO. The van der Waals surface area contributed by atoms with Gasteiger partial charge in [-0.3, -0.25) is 0 Å². The van der Waals surface area contributed by atoms with Crippen LogP contribution >= 0.6 is 0 Å². The number of fused-ring (bicyclic) bond motifs is 1. The largest absolute Gasteiger partial charge is 0.461 e. The van der Waals surface area contributed by atoms with E-state index >= 15 is 0 Å². The van der Waals surface area contributed by atoms with Crippen LogP contribution in [0.1, 0.15) is 36.1 Å². The third kappa shape index (κ3) is 1.87. The average molecular weight is 229 g/mol. The lowest BCUT2D eigenvalue weighted by atomic mass is 9.99. The lowest BCUT2D eigenvalue weighted by Crippen LogP contribution is -2.22. The van der Waals surface area contributed by atoms with E-state index < -0.39 is 0 Å². The molecular weight excluding hydrogens is 210 g/mol. The summed E-state index contributed by atoms with van der Waals surface area (Å²) in [5.41, 5.74) is 9.96. The van der Waals surface area contributed by atoms with E-state index in [4.69, 9.17) is 10.2 Å². The second-order valence-electron chi connectivity index (χ2n) is 5.44. The van der Waals surface area contributed by atoms with E-state index in [1.807, 2.05) is 13.0 Å². The Morgan fingerprint density at radius 2 is 2.06 bits per heavy atom. The molecule has 1 saturated carbocycles. The first-order valence-electron chi connectivity index (χ1n) is 6.36. The van der Waals surface area contributed by atoms with Gasteiger partial charge in [-0.15, -0.1) is 0 Å². The molecule has 0 saturated heterocycles. The van der Waals surface area contributed by atoms with Gasteiger partial charge in [-0.1, -0.05) is 12.1 Å². The third-order valence-electron chi connectivity index (χ3n) is 4.06. The van der Waals surface area contributed by atoms with Crippen LogP contribution in [0.25, 0.3) is 11.0 Å². The minimum absolute atomic E-state index is 0.134. The van der Waals surface area contributed by atoms with Crippen LogP contribution in [0.5, 0.6) is 0 Å². The molecule has 1 heterocycles. The van der Waals surface area contributed by atoms with Gasteiger partial charge in [0.1, 0.15) is 11.3 Å². The monoisotopic (exact) mass is 229 g/mol. The molecule has 2 aromatic rings. The minimum atomic E-state index is 0.134. The predicted molar refractivity (Wildman–Crippen MR) is 70.2 cm³/mol. The summed E-state index contributed by atoms with van der Waals surface area (Å²) in [5.74, 6) is 1.03. The second kappa shape index (κ2) is 3.61. The molecule has 1 aromatic carbocycles. The topological polar surface area (TPSA) is 39.2 Å². The Hall–Kier alpha value is -1.28. The van der Waals surface area contributed by atoms with Crippen molar-refractivity contribution in [1.29, 1.82) is 0 Å².